The van der Waals surface area contributed by atoms with Crippen LogP contribution in [0.1, 0.15) is 125 Å². The summed E-state index contributed by atoms with van der Waals surface area (Å²) in [4.78, 5) is 25.2. The van der Waals surface area contributed by atoms with Crippen molar-refractivity contribution in [3.05, 3.63) is 64.7 Å². The normalized spacial score (nSPS) is 16.0. The minimum absolute atomic E-state index is 0.128. The molecule has 2 aromatic carbocycles. The van der Waals surface area contributed by atoms with Gasteiger partial charge in [-0.25, -0.2) is 0 Å². The molecule has 0 aromatic heterocycles. The Balaban J connectivity index is 1.78. The van der Waals surface area contributed by atoms with Gasteiger partial charge in [0, 0.05) is 11.1 Å². The van der Waals surface area contributed by atoms with Crippen molar-refractivity contribution in [3.63, 3.8) is 0 Å². The van der Waals surface area contributed by atoms with E-state index >= 15 is 0 Å². The fourth-order valence-corrected chi connectivity index (χ4v) is 5.28. The zero-order chi connectivity index (χ0) is 25.4. The summed E-state index contributed by atoms with van der Waals surface area (Å²) in [6, 6.07) is 14.3. The van der Waals surface area contributed by atoms with E-state index in [2.05, 4.69) is 39.8 Å². The molecule has 1 aliphatic rings. The molecule has 1 heterocycles. The first-order valence-electron chi connectivity index (χ1n) is 13.7. The second-order valence-corrected chi connectivity index (χ2v) is 11.2. The van der Waals surface area contributed by atoms with Crippen LogP contribution in [0.4, 0.5) is 0 Å². The molecule has 0 aliphatic carbocycles. The average molecular weight is 477 g/mol. The largest absolute Gasteiger partial charge is 0.426 e. The van der Waals surface area contributed by atoms with Crippen LogP contribution in [-0.2, 0) is 11.2 Å². The number of esters is 1. The van der Waals surface area contributed by atoms with Crippen molar-refractivity contribution in [3.8, 4) is 5.75 Å². The molecule has 35 heavy (non-hydrogen) atoms. The van der Waals surface area contributed by atoms with Gasteiger partial charge >= 0.3 is 5.97 Å². The second-order valence-electron chi connectivity index (χ2n) is 11.2. The average Bonchev–Trinajstić information content (AvgIpc) is 3.13. The van der Waals surface area contributed by atoms with Gasteiger partial charge < -0.3 is 4.74 Å². The summed E-state index contributed by atoms with van der Waals surface area (Å²) in [6.45, 7) is 10.7. The lowest BCUT2D eigenvalue weighted by Crippen LogP contribution is -2.14. The Morgan fingerprint density at radius 2 is 1.63 bits per heavy atom. The van der Waals surface area contributed by atoms with Crippen LogP contribution in [0.15, 0.2) is 42.5 Å². The minimum Gasteiger partial charge on any atom is -0.426 e. The predicted octanol–water partition coefficient (Wildman–Crippen LogP) is 8.65. The number of carbonyl (C=O) groups is 2. The highest BCUT2D eigenvalue weighted by atomic mass is 16.5. The van der Waals surface area contributed by atoms with Gasteiger partial charge in [0.1, 0.15) is 5.75 Å². The Kier molecular flexibility index (Phi) is 10.1. The molecule has 0 bridgehead atoms. The van der Waals surface area contributed by atoms with Gasteiger partial charge in [0.15, 0.2) is 5.78 Å². The summed E-state index contributed by atoms with van der Waals surface area (Å²) < 4.78 is 5.52. The molecule has 1 aliphatic heterocycles. The van der Waals surface area contributed by atoms with Crippen LogP contribution in [0.5, 0.6) is 5.75 Å². The number of rotatable bonds is 14. The number of Topliss-reactive ketones (excluding diaryl/α,β-unsaturated/α-hetero) is 1. The zero-order valence-electron chi connectivity index (χ0n) is 22.4. The maximum absolute atomic E-state index is 12.6. The van der Waals surface area contributed by atoms with Crippen LogP contribution in [0.3, 0.4) is 0 Å². The van der Waals surface area contributed by atoms with Crippen molar-refractivity contribution < 1.29 is 14.3 Å². The number of hydrogen-bond acceptors (Lipinski definition) is 3. The van der Waals surface area contributed by atoms with E-state index in [1.165, 1.54) is 36.8 Å². The van der Waals surface area contributed by atoms with E-state index in [-0.39, 0.29) is 23.6 Å². The molecule has 3 heteroatoms. The van der Waals surface area contributed by atoms with E-state index in [0.717, 1.165) is 49.1 Å². The lowest BCUT2D eigenvalue weighted by molar-refractivity contribution is -0.134. The van der Waals surface area contributed by atoms with E-state index in [0.29, 0.717) is 11.7 Å². The van der Waals surface area contributed by atoms with Crippen molar-refractivity contribution in [1.29, 1.82) is 0 Å². The summed E-state index contributed by atoms with van der Waals surface area (Å²) in [5.74, 6) is 2.10. The van der Waals surface area contributed by atoms with Crippen molar-refractivity contribution in [1.82, 2.24) is 0 Å². The third-order valence-corrected chi connectivity index (χ3v) is 7.37. The molecule has 2 unspecified atom stereocenters. The highest BCUT2D eigenvalue weighted by molar-refractivity contribution is 5.95. The maximum Gasteiger partial charge on any atom is 0.318 e. The van der Waals surface area contributed by atoms with Gasteiger partial charge in [-0.1, -0.05) is 89.8 Å². The number of fused-ring (bicyclic) bond motifs is 1. The van der Waals surface area contributed by atoms with Gasteiger partial charge in [0.25, 0.3) is 0 Å². The van der Waals surface area contributed by atoms with Crippen molar-refractivity contribution in [2.75, 3.05) is 0 Å². The summed E-state index contributed by atoms with van der Waals surface area (Å²) >= 11 is 0. The van der Waals surface area contributed by atoms with Crippen molar-refractivity contribution >= 4 is 11.8 Å². The summed E-state index contributed by atoms with van der Waals surface area (Å²) in [6.07, 6.45) is 9.82. The molecule has 0 N–H and O–H groups in total. The molecular weight excluding hydrogens is 432 g/mol. The van der Waals surface area contributed by atoms with Gasteiger partial charge in [0.2, 0.25) is 0 Å². The second kappa shape index (κ2) is 13.0. The lowest BCUT2D eigenvalue weighted by atomic mass is 9.81. The molecule has 0 saturated carbocycles. The molecule has 2 aromatic rings. The van der Waals surface area contributed by atoms with Gasteiger partial charge in [-0.2, -0.15) is 0 Å². The summed E-state index contributed by atoms with van der Waals surface area (Å²) in [5.41, 5.74) is 4.35. The number of benzene rings is 2. The van der Waals surface area contributed by atoms with Crippen molar-refractivity contribution in [2.24, 2.45) is 11.8 Å². The van der Waals surface area contributed by atoms with E-state index < -0.39 is 0 Å². The smallest absolute Gasteiger partial charge is 0.318 e. The summed E-state index contributed by atoms with van der Waals surface area (Å²) in [5, 5.41) is 0. The van der Waals surface area contributed by atoms with Crippen LogP contribution in [-0.4, -0.2) is 11.8 Å². The number of ether oxygens (including phenoxy) is 1. The third kappa shape index (κ3) is 7.78. The quantitative estimate of drug-likeness (QED) is 0.119. The van der Waals surface area contributed by atoms with Crippen LogP contribution in [0, 0.1) is 11.8 Å². The molecule has 2 atom stereocenters. The minimum atomic E-state index is -0.210. The monoisotopic (exact) mass is 476 g/mol. The van der Waals surface area contributed by atoms with E-state index in [1.807, 2.05) is 30.3 Å². The van der Waals surface area contributed by atoms with Crippen molar-refractivity contribution in [2.45, 2.75) is 104 Å². The van der Waals surface area contributed by atoms with Gasteiger partial charge in [-0.05, 0) is 74.0 Å². The van der Waals surface area contributed by atoms with E-state index in [1.54, 1.807) is 6.92 Å². The topological polar surface area (TPSA) is 43.4 Å². The number of carbonyl (C=O) groups excluding carboxylic acids is 2. The Hall–Kier alpha value is -2.42. The SMILES string of the molecule is CC(=O)c1ccc(CCCCCC(C)C)cc1C(CCC(C)C)CCC1C(=O)Oc2ccccc21. The number of ketones is 1. The summed E-state index contributed by atoms with van der Waals surface area (Å²) in [7, 11) is 0. The fraction of sp³-hybridized carbons (Fsp3) is 0.562. The lowest BCUT2D eigenvalue weighted by Gasteiger charge is -2.23. The molecule has 3 nitrogen and oxygen atoms in total. The number of aryl methyl sites for hydroxylation is 1. The molecule has 0 saturated heterocycles. The molecule has 0 amide bonds. The molecular formula is C32H44O3. The maximum atomic E-state index is 12.6. The first-order valence-corrected chi connectivity index (χ1v) is 13.7. The van der Waals surface area contributed by atoms with Gasteiger partial charge in [-0.3, -0.25) is 9.59 Å². The van der Waals surface area contributed by atoms with Crippen LogP contribution < -0.4 is 4.74 Å². The molecule has 190 valence electrons. The zero-order valence-corrected chi connectivity index (χ0v) is 22.4. The highest BCUT2D eigenvalue weighted by Gasteiger charge is 2.33. The first-order chi connectivity index (χ1) is 16.8. The number of para-hydroxylation sites is 1. The molecule has 0 radical (unpaired) electrons. The molecule has 0 fully saturated rings. The Labute approximate surface area is 212 Å². The van der Waals surface area contributed by atoms with Gasteiger partial charge in [0.05, 0.1) is 5.92 Å². The number of hydrogen-bond donors (Lipinski definition) is 0. The number of unbranched alkanes of at least 4 members (excludes halogenated alkanes) is 2. The first kappa shape index (κ1) is 27.2. The third-order valence-electron chi connectivity index (χ3n) is 7.37. The highest BCUT2D eigenvalue weighted by Crippen LogP contribution is 2.40. The van der Waals surface area contributed by atoms with Crippen LogP contribution in [0.2, 0.25) is 0 Å². The van der Waals surface area contributed by atoms with Crippen LogP contribution >= 0.6 is 0 Å². The van der Waals surface area contributed by atoms with Gasteiger partial charge in [-0.15, -0.1) is 0 Å². The molecule has 0 spiro atoms. The Bertz CT molecular complexity index is 988. The Morgan fingerprint density at radius 1 is 0.886 bits per heavy atom. The fourth-order valence-electron chi connectivity index (χ4n) is 5.28. The standard InChI is InChI=1S/C32H44O3/c1-22(2)11-7-6-8-12-25-16-19-27(24(5)33)30(21-25)26(17-15-23(3)4)18-20-29-28-13-9-10-14-31(28)35-32(29)34/h9-10,13-14,16,19,21-23,26,29H,6-8,11-12,15,17-18,20H2,1-5H3. The van der Waals surface area contributed by atoms with Crippen LogP contribution in [0.25, 0.3) is 0 Å². The Morgan fingerprint density at radius 3 is 2.34 bits per heavy atom. The van der Waals surface area contributed by atoms with E-state index in [9.17, 15) is 9.59 Å². The van der Waals surface area contributed by atoms with E-state index in [4.69, 9.17) is 4.74 Å². The molecule has 3 rings (SSSR count). The predicted molar refractivity (Wildman–Crippen MR) is 144 cm³/mol.